The fourth-order valence-electron chi connectivity index (χ4n) is 4.39. The van der Waals surface area contributed by atoms with E-state index in [1.807, 2.05) is 12.1 Å². The molecule has 7 heteroatoms. The average molecular weight is 442 g/mol. The second-order valence-corrected chi connectivity index (χ2v) is 10.3. The number of Topliss-reactive ketones (excluding diaryl/α,β-unsaturated/α-hetero) is 1. The number of ketones is 1. The Bertz CT molecular complexity index is 1060. The third-order valence-electron chi connectivity index (χ3n) is 6.11. The van der Waals surface area contributed by atoms with E-state index in [0.29, 0.717) is 30.1 Å². The Morgan fingerprint density at radius 1 is 0.935 bits per heavy atom. The van der Waals surface area contributed by atoms with Crippen molar-refractivity contribution in [3.63, 3.8) is 0 Å². The number of nitrogens with zero attached hydrogens (tertiary/aromatic N) is 1. The first-order valence-corrected chi connectivity index (χ1v) is 12.5. The second kappa shape index (κ2) is 9.22. The Morgan fingerprint density at radius 2 is 1.68 bits per heavy atom. The largest absolute Gasteiger partial charge is 0.454 e. The predicted octanol–water partition coefficient (Wildman–Crippen LogP) is 4.31. The number of benzene rings is 2. The molecule has 164 valence electrons. The van der Waals surface area contributed by atoms with Crippen molar-refractivity contribution < 1.29 is 22.7 Å². The van der Waals surface area contributed by atoms with Crippen LogP contribution in [-0.2, 0) is 14.8 Å². The highest BCUT2D eigenvalue weighted by Gasteiger charge is 2.29. The molecular weight excluding hydrogens is 414 g/mol. The van der Waals surface area contributed by atoms with Crippen LogP contribution in [0.25, 0.3) is 0 Å². The van der Waals surface area contributed by atoms with Gasteiger partial charge in [0.25, 0.3) is 0 Å². The molecule has 0 amide bonds. The molecule has 0 unspecified atom stereocenters. The SMILES string of the molecule is O=C(COC(=O)c1cccc(N2CCCS2(=O)=O)c1)c1ccc(C2CCCCC2)cc1. The fraction of sp³-hybridized carbons (Fsp3) is 0.417. The van der Waals surface area contributed by atoms with E-state index in [4.69, 9.17) is 4.74 Å². The second-order valence-electron chi connectivity index (χ2n) is 8.25. The molecule has 1 heterocycles. The molecule has 2 aromatic rings. The Kier molecular flexibility index (Phi) is 6.41. The molecule has 1 saturated heterocycles. The summed E-state index contributed by atoms with van der Waals surface area (Å²) in [5.74, 6) is -0.231. The summed E-state index contributed by atoms with van der Waals surface area (Å²) < 4.78 is 30.7. The normalized spacial score (nSPS) is 18.6. The van der Waals surface area contributed by atoms with E-state index < -0.39 is 16.0 Å². The van der Waals surface area contributed by atoms with Crippen LogP contribution >= 0.6 is 0 Å². The van der Waals surface area contributed by atoms with Gasteiger partial charge in [0.15, 0.2) is 12.4 Å². The maximum absolute atomic E-state index is 12.5. The van der Waals surface area contributed by atoms with Gasteiger partial charge >= 0.3 is 5.97 Å². The first-order valence-electron chi connectivity index (χ1n) is 10.8. The lowest BCUT2D eigenvalue weighted by atomic mass is 9.84. The Morgan fingerprint density at radius 3 is 2.35 bits per heavy atom. The summed E-state index contributed by atoms with van der Waals surface area (Å²) in [5.41, 5.74) is 2.45. The maximum atomic E-state index is 12.5. The summed E-state index contributed by atoms with van der Waals surface area (Å²) in [4.78, 5) is 24.9. The van der Waals surface area contributed by atoms with E-state index in [0.717, 1.165) is 0 Å². The molecule has 0 spiro atoms. The van der Waals surface area contributed by atoms with Crippen LogP contribution in [0.5, 0.6) is 0 Å². The van der Waals surface area contributed by atoms with Crippen molar-refractivity contribution in [3.05, 3.63) is 65.2 Å². The van der Waals surface area contributed by atoms with E-state index in [-0.39, 0.29) is 23.7 Å². The number of hydrogen-bond donors (Lipinski definition) is 0. The van der Waals surface area contributed by atoms with Crippen molar-refractivity contribution in [1.82, 2.24) is 0 Å². The van der Waals surface area contributed by atoms with E-state index >= 15 is 0 Å². The maximum Gasteiger partial charge on any atom is 0.338 e. The summed E-state index contributed by atoms with van der Waals surface area (Å²) in [6.45, 7) is 0.0457. The van der Waals surface area contributed by atoms with Crippen LogP contribution in [0.2, 0.25) is 0 Å². The van der Waals surface area contributed by atoms with E-state index in [9.17, 15) is 18.0 Å². The van der Waals surface area contributed by atoms with Gasteiger partial charge in [0.2, 0.25) is 10.0 Å². The van der Waals surface area contributed by atoms with Gasteiger partial charge in [-0.25, -0.2) is 13.2 Å². The number of anilines is 1. The van der Waals surface area contributed by atoms with Crippen molar-refractivity contribution in [1.29, 1.82) is 0 Å². The van der Waals surface area contributed by atoms with E-state index in [1.165, 1.54) is 48.0 Å². The summed E-state index contributed by atoms with van der Waals surface area (Å²) >= 11 is 0. The minimum Gasteiger partial charge on any atom is -0.454 e. The Balaban J connectivity index is 1.36. The zero-order valence-electron chi connectivity index (χ0n) is 17.5. The standard InChI is InChI=1S/C24H27NO5S/c26-23(20-12-10-19(11-13-20)18-6-2-1-3-7-18)17-30-24(27)21-8-4-9-22(16-21)25-14-5-15-31(25,28)29/h4,8-13,16,18H,1-3,5-7,14-15,17H2. The van der Waals surface area contributed by atoms with Gasteiger partial charge in [-0.1, -0.05) is 49.6 Å². The van der Waals surface area contributed by atoms with Gasteiger partial charge in [-0.3, -0.25) is 9.10 Å². The number of hydrogen-bond acceptors (Lipinski definition) is 5. The predicted molar refractivity (Wildman–Crippen MR) is 119 cm³/mol. The van der Waals surface area contributed by atoms with Gasteiger partial charge in [-0.05, 0) is 48.9 Å². The lowest BCUT2D eigenvalue weighted by Crippen LogP contribution is -2.25. The van der Waals surface area contributed by atoms with Gasteiger partial charge in [-0.15, -0.1) is 0 Å². The summed E-state index contributed by atoms with van der Waals surface area (Å²) in [6, 6.07) is 13.9. The molecule has 1 aliphatic carbocycles. The van der Waals surface area contributed by atoms with Crippen LogP contribution in [0.3, 0.4) is 0 Å². The topological polar surface area (TPSA) is 80.8 Å². The minimum absolute atomic E-state index is 0.107. The monoisotopic (exact) mass is 441 g/mol. The highest BCUT2D eigenvalue weighted by atomic mass is 32.2. The molecule has 2 aliphatic rings. The molecule has 0 radical (unpaired) electrons. The Labute approximate surface area is 183 Å². The van der Waals surface area contributed by atoms with Crippen molar-refractivity contribution in [2.75, 3.05) is 23.2 Å². The third kappa shape index (κ3) is 4.98. The molecule has 0 bridgehead atoms. The molecule has 0 atom stereocenters. The first-order chi connectivity index (χ1) is 14.9. The molecule has 1 aliphatic heterocycles. The fourth-order valence-corrected chi connectivity index (χ4v) is 5.95. The van der Waals surface area contributed by atoms with Crippen LogP contribution in [0.1, 0.15) is 70.7 Å². The van der Waals surface area contributed by atoms with Crippen LogP contribution in [-0.4, -0.2) is 39.1 Å². The molecule has 2 fully saturated rings. The molecule has 31 heavy (non-hydrogen) atoms. The molecule has 6 nitrogen and oxygen atoms in total. The van der Waals surface area contributed by atoms with Crippen molar-refractivity contribution in [3.8, 4) is 0 Å². The summed E-state index contributed by atoms with van der Waals surface area (Å²) in [7, 11) is -3.33. The number of sulfonamides is 1. The number of esters is 1. The minimum atomic E-state index is -3.33. The van der Waals surface area contributed by atoms with Gasteiger partial charge in [-0.2, -0.15) is 0 Å². The van der Waals surface area contributed by atoms with Crippen molar-refractivity contribution >= 4 is 27.5 Å². The third-order valence-corrected chi connectivity index (χ3v) is 7.98. The van der Waals surface area contributed by atoms with Gasteiger partial charge in [0.05, 0.1) is 17.0 Å². The number of ether oxygens (including phenoxy) is 1. The first kappa shape index (κ1) is 21.6. The zero-order chi connectivity index (χ0) is 21.8. The smallest absolute Gasteiger partial charge is 0.338 e. The molecular formula is C24H27NO5S. The van der Waals surface area contributed by atoms with E-state index in [1.54, 1.807) is 30.3 Å². The quantitative estimate of drug-likeness (QED) is 0.493. The summed E-state index contributed by atoms with van der Waals surface area (Å²) in [5, 5.41) is 0. The van der Waals surface area contributed by atoms with Gasteiger partial charge < -0.3 is 4.74 Å². The highest BCUT2D eigenvalue weighted by Crippen LogP contribution is 2.32. The van der Waals surface area contributed by atoms with Crippen LogP contribution in [0, 0.1) is 0 Å². The Hall–Kier alpha value is -2.67. The van der Waals surface area contributed by atoms with E-state index in [2.05, 4.69) is 0 Å². The number of carbonyl (C=O) groups is 2. The highest BCUT2D eigenvalue weighted by molar-refractivity contribution is 7.93. The molecule has 0 N–H and O–H groups in total. The molecule has 0 aromatic heterocycles. The number of carbonyl (C=O) groups excluding carboxylic acids is 2. The zero-order valence-corrected chi connectivity index (χ0v) is 18.3. The van der Waals surface area contributed by atoms with Gasteiger partial charge in [0, 0.05) is 12.1 Å². The van der Waals surface area contributed by atoms with Gasteiger partial charge in [0.1, 0.15) is 0 Å². The lowest BCUT2D eigenvalue weighted by Gasteiger charge is -2.22. The molecule has 1 saturated carbocycles. The lowest BCUT2D eigenvalue weighted by molar-refractivity contribution is 0.0475. The molecule has 4 rings (SSSR count). The average Bonchev–Trinajstić information content (AvgIpc) is 3.17. The summed E-state index contributed by atoms with van der Waals surface area (Å²) in [6.07, 6.45) is 6.77. The van der Waals surface area contributed by atoms with Crippen LogP contribution in [0.15, 0.2) is 48.5 Å². The van der Waals surface area contributed by atoms with Crippen LogP contribution < -0.4 is 4.31 Å². The van der Waals surface area contributed by atoms with Crippen LogP contribution in [0.4, 0.5) is 5.69 Å². The number of rotatable bonds is 6. The van der Waals surface area contributed by atoms with Crippen molar-refractivity contribution in [2.45, 2.75) is 44.4 Å². The van der Waals surface area contributed by atoms with Crippen molar-refractivity contribution in [2.24, 2.45) is 0 Å². The molecule has 2 aromatic carbocycles.